The molecule has 0 unspecified atom stereocenters. The second-order valence-corrected chi connectivity index (χ2v) is 5.80. The van der Waals surface area contributed by atoms with Crippen LogP contribution in [0.15, 0.2) is 78.9 Å². The van der Waals surface area contributed by atoms with Gasteiger partial charge in [0.15, 0.2) is 5.82 Å². The maximum absolute atomic E-state index is 13.3. The average molecular weight is 329 g/mol. The van der Waals surface area contributed by atoms with Crippen molar-refractivity contribution in [2.45, 2.75) is 6.92 Å². The van der Waals surface area contributed by atoms with Gasteiger partial charge in [0.05, 0.1) is 5.69 Å². The van der Waals surface area contributed by atoms with Crippen LogP contribution < -0.4 is 0 Å². The van der Waals surface area contributed by atoms with Crippen LogP contribution in [0.25, 0.3) is 28.2 Å². The van der Waals surface area contributed by atoms with Gasteiger partial charge in [-0.05, 0) is 42.8 Å². The molecule has 0 radical (unpaired) electrons. The smallest absolute Gasteiger partial charge is 0.168 e. The van der Waals surface area contributed by atoms with Gasteiger partial charge in [-0.1, -0.05) is 48.5 Å². The van der Waals surface area contributed by atoms with Crippen LogP contribution in [-0.4, -0.2) is 14.8 Å². The van der Waals surface area contributed by atoms with E-state index in [-0.39, 0.29) is 5.82 Å². The predicted molar refractivity (Wildman–Crippen MR) is 96.9 cm³/mol. The number of aryl methyl sites for hydroxylation is 1. The van der Waals surface area contributed by atoms with Crippen LogP contribution in [0.1, 0.15) is 5.82 Å². The number of halogens is 1. The summed E-state index contributed by atoms with van der Waals surface area (Å²) in [6.45, 7) is 1.92. The molecule has 1 heterocycles. The molecule has 25 heavy (non-hydrogen) atoms. The lowest BCUT2D eigenvalue weighted by Gasteiger charge is -2.14. The van der Waals surface area contributed by atoms with Gasteiger partial charge >= 0.3 is 0 Å². The molecule has 1 aromatic heterocycles. The molecule has 3 aromatic carbocycles. The molecular formula is C21H16FN3. The maximum Gasteiger partial charge on any atom is 0.168 e. The highest BCUT2D eigenvalue weighted by Crippen LogP contribution is 2.30. The van der Waals surface area contributed by atoms with Crippen molar-refractivity contribution >= 4 is 0 Å². The minimum absolute atomic E-state index is 0.267. The zero-order chi connectivity index (χ0) is 17.2. The zero-order valence-electron chi connectivity index (χ0n) is 13.7. The van der Waals surface area contributed by atoms with Gasteiger partial charge in [0, 0.05) is 11.1 Å². The predicted octanol–water partition coefficient (Wildman–Crippen LogP) is 5.05. The first kappa shape index (κ1) is 15.3. The van der Waals surface area contributed by atoms with E-state index in [1.807, 2.05) is 47.9 Å². The molecule has 0 spiro atoms. The molecule has 0 aliphatic heterocycles. The van der Waals surface area contributed by atoms with E-state index in [9.17, 15) is 4.39 Å². The summed E-state index contributed by atoms with van der Waals surface area (Å²) in [5.41, 5.74) is 4.03. The molecule has 0 fully saturated rings. The number of nitrogens with zero attached hydrogens (tertiary/aromatic N) is 3. The summed E-state index contributed by atoms with van der Waals surface area (Å²) in [5, 5.41) is 8.56. The average Bonchev–Trinajstić information content (AvgIpc) is 3.04. The third-order valence-corrected chi connectivity index (χ3v) is 4.16. The summed E-state index contributed by atoms with van der Waals surface area (Å²) in [4.78, 5) is 0. The van der Waals surface area contributed by atoms with E-state index in [0.717, 1.165) is 28.2 Å². The maximum atomic E-state index is 13.3. The van der Waals surface area contributed by atoms with Crippen molar-refractivity contribution in [1.82, 2.24) is 14.8 Å². The van der Waals surface area contributed by atoms with Crippen molar-refractivity contribution in [3.8, 4) is 28.2 Å². The Bertz CT molecular complexity index is 1010. The van der Waals surface area contributed by atoms with Crippen LogP contribution in [0.2, 0.25) is 0 Å². The topological polar surface area (TPSA) is 30.7 Å². The van der Waals surface area contributed by atoms with Crippen LogP contribution in [0.5, 0.6) is 0 Å². The largest absolute Gasteiger partial charge is 0.279 e. The second-order valence-electron chi connectivity index (χ2n) is 5.80. The molecule has 4 rings (SSSR count). The Balaban J connectivity index is 1.93. The molecule has 0 amide bonds. The summed E-state index contributed by atoms with van der Waals surface area (Å²) in [7, 11) is 0. The molecule has 0 bridgehead atoms. The van der Waals surface area contributed by atoms with Crippen molar-refractivity contribution in [3.63, 3.8) is 0 Å². The monoisotopic (exact) mass is 329 g/mol. The van der Waals surface area contributed by atoms with Crippen LogP contribution in [0, 0.1) is 12.7 Å². The highest BCUT2D eigenvalue weighted by Gasteiger charge is 2.16. The summed E-state index contributed by atoms with van der Waals surface area (Å²) in [5.74, 6) is 1.21. The van der Waals surface area contributed by atoms with Gasteiger partial charge in [-0.15, -0.1) is 10.2 Å². The third-order valence-electron chi connectivity index (χ3n) is 4.16. The number of para-hydroxylation sites is 1. The van der Waals surface area contributed by atoms with Gasteiger partial charge in [-0.3, -0.25) is 4.57 Å². The van der Waals surface area contributed by atoms with E-state index in [2.05, 4.69) is 28.4 Å². The number of hydrogen-bond donors (Lipinski definition) is 0. The number of aromatic nitrogens is 3. The normalized spacial score (nSPS) is 10.8. The lowest BCUT2D eigenvalue weighted by atomic mass is 10.0. The van der Waals surface area contributed by atoms with Gasteiger partial charge in [-0.2, -0.15) is 0 Å². The van der Waals surface area contributed by atoms with E-state index in [1.54, 1.807) is 12.1 Å². The van der Waals surface area contributed by atoms with Crippen molar-refractivity contribution in [2.24, 2.45) is 0 Å². The molecule has 0 saturated carbocycles. The number of rotatable bonds is 3. The van der Waals surface area contributed by atoms with E-state index in [4.69, 9.17) is 0 Å². The number of benzene rings is 3. The van der Waals surface area contributed by atoms with E-state index in [1.165, 1.54) is 12.1 Å². The first-order valence-corrected chi connectivity index (χ1v) is 8.07. The lowest BCUT2D eigenvalue weighted by molar-refractivity contribution is 0.628. The Morgan fingerprint density at radius 3 is 2.16 bits per heavy atom. The third kappa shape index (κ3) is 2.83. The molecule has 122 valence electrons. The first-order valence-electron chi connectivity index (χ1n) is 8.07. The number of hydrogen-bond acceptors (Lipinski definition) is 2. The van der Waals surface area contributed by atoms with E-state index in [0.29, 0.717) is 5.82 Å². The fourth-order valence-corrected chi connectivity index (χ4v) is 2.97. The fraction of sp³-hybridized carbons (Fsp3) is 0.0476. The highest BCUT2D eigenvalue weighted by molar-refractivity contribution is 5.75. The molecule has 4 heteroatoms. The summed E-state index contributed by atoms with van der Waals surface area (Å²) < 4.78 is 15.3. The molecule has 0 N–H and O–H groups in total. The van der Waals surface area contributed by atoms with E-state index < -0.39 is 0 Å². The quantitative estimate of drug-likeness (QED) is 0.526. The van der Waals surface area contributed by atoms with Crippen LogP contribution >= 0.6 is 0 Å². The molecule has 0 saturated heterocycles. The second kappa shape index (κ2) is 6.32. The molecular weight excluding hydrogens is 313 g/mol. The SMILES string of the molecule is Cc1nnc(-c2ccc(F)cc2)n1-c1ccccc1-c1ccccc1. The Kier molecular flexibility index (Phi) is 3.86. The van der Waals surface area contributed by atoms with Crippen LogP contribution in [0.3, 0.4) is 0 Å². The van der Waals surface area contributed by atoms with Gasteiger partial charge in [-0.25, -0.2) is 4.39 Å². The minimum atomic E-state index is -0.267. The molecule has 0 aliphatic carbocycles. The van der Waals surface area contributed by atoms with E-state index >= 15 is 0 Å². The van der Waals surface area contributed by atoms with Gasteiger partial charge in [0.2, 0.25) is 0 Å². The van der Waals surface area contributed by atoms with Gasteiger partial charge < -0.3 is 0 Å². The minimum Gasteiger partial charge on any atom is -0.279 e. The van der Waals surface area contributed by atoms with Crippen LogP contribution in [-0.2, 0) is 0 Å². The molecule has 0 atom stereocenters. The Morgan fingerprint density at radius 2 is 1.40 bits per heavy atom. The summed E-state index contributed by atoms with van der Waals surface area (Å²) in [6.07, 6.45) is 0. The van der Waals surface area contributed by atoms with Crippen molar-refractivity contribution in [3.05, 3.63) is 90.5 Å². The van der Waals surface area contributed by atoms with Crippen molar-refractivity contribution < 1.29 is 4.39 Å². The molecule has 4 aromatic rings. The Morgan fingerprint density at radius 1 is 0.720 bits per heavy atom. The Hall–Kier alpha value is -3.27. The standard InChI is InChI=1S/C21H16FN3/c1-15-23-24-21(17-11-13-18(22)14-12-17)25(15)20-10-6-5-9-19(20)16-7-3-2-4-8-16/h2-14H,1H3. The fourth-order valence-electron chi connectivity index (χ4n) is 2.97. The summed E-state index contributed by atoms with van der Waals surface area (Å²) in [6, 6.07) is 24.7. The zero-order valence-corrected chi connectivity index (χ0v) is 13.7. The van der Waals surface area contributed by atoms with Crippen molar-refractivity contribution in [1.29, 1.82) is 0 Å². The lowest BCUT2D eigenvalue weighted by Crippen LogP contribution is -2.02. The van der Waals surface area contributed by atoms with Crippen LogP contribution in [0.4, 0.5) is 4.39 Å². The molecule has 0 aliphatic rings. The Labute approximate surface area is 145 Å². The van der Waals surface area contributed by atoms with Gasteiger partial charge in [0.1, 0.15) is 11.6 Å². The van der Waals surface area contributed by atoms with Gasteiger partial charge in [0.25, 0.3) is 0 Å². The van der Waals surface area contributed by atoms with Crippen molar-refractivity contribution in [2.75, 3.05) is 0 Å². The molecule has 3 nitrogen and oxygen atoms in total. The highest BCUT2D eigenvalue weighted by atomic mass is 19.1. The first-order chi connectivity index (χ1) is 12.2. The summed E-state index contributed by atoms with van der Waals surface area (Å²) >= 11 is 0.